The number of nitrogens with one attached hydrogen (secondary N) is 2. The smallest absolute Gasteiger partial charge is 0.271 e. The summed E-state index contributed by atoms with van der Waals surface area (Å²) in [6.45, 7) is 1.73. The summed E-state index contributed by atoms with van der Waals surface area (Å²) in [6, 6.07) is 19.0. The van der Waals surface area contributed by atoms with Crippen molar-refractivity contribution in [2.45, 2.75) is 13.5 Å². The number of rotatable bonds is 7. The van der Waals surface area contributed by atoms with Gasteiger partial charge in [0, 0.05) is 33.8 Å². The van der Waals surface area contributed by atoms with Crippen LogP contribution in [-0.2, 0) is 11.4 Å². The first-order chi connectivity index (χ1) is 14.9. The number of ether oxygens (including phenoxy) is 1. The van der Waals surface area contributed by atoms with Crippen LogP contribution in [0.2, 0.25) is 10.0 Å². The van der Waals surface area contributed by atoms with Gasteiger partial charge >= 0.3 is 0 Å². The zero-order valence-electron chi connectivity index (χ0n) is 16.6. The monoisotopic (exact) mass is 455 g/mol. The molecule has 0 bridgehead atoms. The Bertz CT molecular complexity index is 1120. The first-order valence-electron chi connectivity index (χ1n) is 9.28. The Hall–Kier alpha value is -3.35. The van der Waals surface area contributed by atoms with E-state index in [0.717, 1.165) is 5.56 Å². The zero-order valence-corrected chi connectivity index (χ0v) is 18.1. The molecule has 3 aromatic carbocycles. The van der Waals surface area contributed by atoms with Crippen LogP contribution in [0.3, 0.4) is 0 Å². The molecule has 2 amide bonds. The lowest BCUT2D eigenvalue weighted by Crippen LogP contribution is -2.17. The SMILES string of the molecule is CC(=O)Nc1ccc(C(=O)N/N=C\c2cc(Cl)ccc2OCc2cccc(Cl)c2)cc1. The van der Waals surface area contributed by atoms with Crippen LogP contribution in [0.1, 0.15) is 28.4 Å². The third-order valence-corrected chi connectivity index (χ3v) is 4.56. The molecule has 8 heteroatoms. The highest BCUT2D eigenvalue weighted by molar-refractivity contribution is 6.31. The molecule has 0 saturated heterocycles. The molecule has 0 aliphatic rings. The summed E-state index contributed by atoms with van der Waals surface area (Å²) in [5.74, 6) is -0.0206. The number of anilines is 1. The van der Waals surface area contributed by atoms with Gasteiger partial charge in [-0.05, 0) is 60.2 Å². The van der Waals surface area contributed by atoms with Crippen LogP contribution in [0, 0.1) is 0 Å². The fraction of sp³-hybridized carbons (Fsp3) is 0.0870. The average molecular weight is 456 g/mol. The molecule has 0 heterocycles. The standard InChI is InChI=1S/C23H19Cl2N3O3/c1-15(29)27-21-8-5-17(6-9-21)23(30)28-26-13-18-12-20(25)7-10-22(18)31-14-16-3-2-4-19(24)11-16/h2-13H,14H2,1H3,(H,27,29)(H,28,30)/b26-13-. The van der Waals surface area contributed by atoms with Gasteiger partial charge in [-0.3, -0.25) is 9.59 Å². The van der Waals surface area contributed by atoms with Crippen molar-refractivity contribution in [3.8, 4) is 5.75 Å². The third kappa shape index (κ3) is 6.84. The summed E-state index contributed by atoms with van der Waals surface area (Å²) >= 11 is 12.1. The maximum absolute atomic E-state index is 12.3. The molecule has 0 spiro atoms. The van der Waals surface area contributed by atoms with E-state index in [-0.39, 0.29) is 5.91 Å². The Kier molecular flexibility index (Phi) is 7.65. The van der Waals surface area contributed by atoms with Gasteiger partial charge in [-0.25, -0.2) is 5.43 Å². The first kappa shape index (κ1) is 22.3. The number of amides is 2. The Morgan fingerprint density at radius 1 is 1.00 bits per heavy atom. The van der Waals surface area contributed by atoms with Gasteiger partial charge < -0.3 is 10.1 Å². The topological polar surface area (TPSA) is 79.8 Å². The van der Waals surface area contributed by atoms with Gasteiger partial charge in [-0.1, -0.05) is 35.3 Å². The van der Waals surface area contributed by atoms with Gasteiger partial charge in [0.05, 0.1) is 6.21 Å². The first-order valence-corrected chi connectivity index (χ1v) is 10.0. The second-order valence-electron chi connectivity index (χ2n) is 6.56. The molecule has 0 radical (unpaired) electrons. The van der Waals surface area contributed by atoms with Crippen molar-refractivity contribution in [2.24, 2.45) is 5.10 Å². The van der Waals surface area contributed by atoms with E-state index in [1.54, 1.807) is 48.5 Å². The average Bonchev–Trinajstić information content (AvgIpc) is 2.73. The summed E-state index contributed by atoms with van der Waals surface area (Å²) < 4.78 is 5.86. The second-order valence-corrected chi connectivity index (χ2v) is 7.43. The van der Waals surface area contributed by atoms with Crippen LogP contribution in [0.25, 0.3) is 0 Å². The fourth-order valence-electron chi connectivity index (χ4n) is 2.67. The number of nitrogens with zero attached hydrogens (tertiary/aromatic N) is 1. The van der Waals surface area contributed by atoms with Crippen molar-refractivity contribution in [3.63, 3.8) is 0 Å². The second kappa shape index (κ2) is 10.6. The Balaban J connectivity index is 1.65. The zero-order chi connectivity index (χ0) is 22.2. The van der Waals surface area contributed by atoms with Gasteiger partial charge in [-0.2, -0.15) is 5.10 Å². The maximum atomic E-state index is 12.3. The fourth-order valence-corrected chi connectivity index (χ4v) is 3.07. The van der Waals surface area contributed by atoms with Crippen LogP contribution in [0.15, 0.2) is 71.8 Å². The molecule has 31 heavy (non-hydrogen) atoms. The molecule has 0 fully saturated rings. The third-order valence-electron chi connectivity index (χ3n) is 4.09. The van der Waals surface area contributed by atoms with Crippen LogP contribution < -0.4 is 15.5 Å². The van der Waals surface area contributed by atoms with E-state index >= 15 is 0 Å². The number of hydrogen-bond donors (Lipinski definition) is 2. The number of hydrogen-bond acceptors (Lipinski definition) is 4. The number of carbonyl (C=O) groups excluding carboxylic acids is 2. The highest BCUT2D eigenvalue weighted by Crippen LogP contribution is 2.23. The minimum absolute atomic E-state index is 0.184. The minimum Gasteiger partial charge on any atom is -0.488 e. The molecular weight excluding hydrogens is 437 g/mol. The van der Waals surface area contributed by atoms with Gasteiger partial charge in [0.25, 0.3) is 5.91 Å². The highest BCUT2D eigenvalue weighted by Gasteiger charge is 2.07. The van der Waals surface area contributed by atoms with Crippen LogP contribution >= 0.6 is 23.2 Å². The highest BCUT2D eigenvalue weighted by atomic mass is 35.5. The maximum Gasteiger partial charge on any atom is 0.271 e. The van der Waals surface area contributed by atoms with E-state index in [1.807, 2.05) is 18.2 Å². The van der Waals surface area contributed by atoms with Crippen molar-refractivity contribution >= 4 is 46.9 Å². The molecule has 3 aromatic rings. The van der Waals surface area contributed by atoms with Crippen LogP contribution in [0.4, 0.5) is 5.69 Å². The lowest BCUT2D eigenvalue weighted by Gasteiger charge is -2.10. The van der Waals surface area contributed by atoms with Crippen LogP contribution in [0.5, 0.6) is 5.75 Å². The lowest BCUT2D eigenvalue weighted by atomic mass is 10.2. The van der Waals surface area contributed by atoms with Gasteiger partial charge in [0.15, 0.2) is 0 Å². The predicted octanol–water partition coefficient (Wildman–Crippen LogP) is 5.29. The lowest BCUT2D eigenvalue weighted by molar-refractivity contribution is -0.114. The van der Waals surface area contributed by atoms with Gasteiger partial charge in [-0.15, -0.1) is 0 Å². The molecule has 0 aliphatic heterocycles. The Morgan fingerprint density at radius 2 is 1.74 bits per heavy atom. The van der Waals surface area contributed by atoms with E-state index in [2.05, 4.69) is 15.8 Å². The quantitative estimate of drug-likeness (QED) is 0.374. The summed E-state index contributed by atoms with van der Waals surface area (Å²) in [7, 11) is 0. The molecule has 0 unspecified atom stereocenters. The molecule has 3 rings (SSSR count). The number of benzene rings is 3. The number of carbonyl (C=O) groups is 2. The molecule has 158 valence electrons. The Morgan fingerprint density at radius 3 is 2.45 bits per heavy atom. The summed E-state index contributed by atoms with van der Waals surface area (Å²) in [5, 5.41) is 7.79. The molecule has 0 aromatic heterocycles. The van der Waals surface area contributed by atoms with Crippen molar-refractivity contribution < 1.29 is 14.3 Å². The van der Waals surface area contributed by atoms with E-state index in [1.165, 1.54) is 13.1 Å². The van der Waals surface area contributed by atoms with Crippen molar-refractivity contribution in [3.05, 3.63) is 93.5 Å². The van der Waals surface area contributed by atoms with E-state index in [0.29, 0.717) is 39.2 Å². The minimum atomic E-state index is -0.394. The number of hydrazone groups is 1. The van der Waals surface area contributed by atoms with Crippen LogP contribution in [-0.4, -0.2) is 18.0 Å². The molecule has 0 aliphatic carbocycles. The van der Waals surface area contributed by atoms with Gasteiger partial charge in [0.2, 0.25) is 5.91 Å². The molecule has 2 N–H and O–H groups in total. The molecule has 0 atom stereocenters. The molecular formula is C23H19Cl2N3O3. The van der Waals surface area contributed by atoms with Crippen molar-refractivity contribution in [1.82, 2.24) is 5.43 Å². The predicted molar refractivity (Wildman–Crippen MR) is 123 cm³/mol. The largest absolute Gasteiger partial charge is 0.488 e. The summed E-state index contributed by atoms with van der Waals surface area (Å²) in [6.07, 6.45) is 1.46. The Labute approximate surface area is 189 Å². The molecule has 0 saturated carbocycles. The molecule has 6 nitrogen and oxygen atoms in total. The summed E-state index contributed by atoms with van der Waals surface area (Å²) in [4.78, 5) is 23.3. The number of halogens is 2. The summed E-state index contributed by atoms with van der Waals surface area (Å²) in [5.41, 5.74) is 4.99. The van der Waals surface area contributed by atoms with E-state index < -0.39 is 5.91 Å². The van der Waals surface area contributed by atoms with Crippen molar-refractivity contribution in [1.29, 1.82) is 0 Å². The van der Waals surface area contributed by atoms with E-state index in [4.69, 9.17) is 27.9 Å². The normalized spacial score (nSPS) is 10.7. The van der Waals surface area contributed by atoms with Crippen molar-refractivity contribution in [2.75, 3.05) is 5.32 Å². The van der Waals surface area contributed by atoms with Gasteiger partial charge in [0.1, 0.15) is 12.4 Å². The van der Waals surface area contributed by atoms with E-state index in [9.17, 15) is 9.59 Å².